The maximum absolute atomic E-state index is 13.7. The van der Waals surface area contributed by atoms with E-state index in [2.05, 4.69) is 5.32 Å². The first-order valence-corrected chi connectivity index (χ1v) is 8.18. The lowest BCUT2D eigenvalue weighted by Gasteiger charge is -2.61. The Labute approximate surface area is 129 Å². The van der Waals surface area contributed by atoms with Crippen LogP contribution in [-0.4, -0.2) is 44.2 Å². The fraction of sp³-hybridized carbons (Fsp3) is 0.938. The maximum Gasteiger partial charge on any atom is 0.394 e. The van der Waals surface area contributed by atoms with Gasteiger partial charge in [0.05, 0.1) is 10.8 Å². The van der Waals surface area contributed by atoms with Crippen molar-refractivity contribution in [3.05, 3.63) is 0 Å². The van der Waals surface area contributed by atoms with Crippen molar-refractivity contribution in [1.29, 1.82) is 0 Å². The van der Waals surface area contributed by atoms with Crippen LogP contribution in [0.1, 0.15) is 38.5 Å². The average molecular weight is 318 g/mol. The molecule has 0 spiro atoms. The monoisotopic (exact) mass is 318 g/mol. The molecule has 2 atom stereocenters. The molecule has 0 aromatic carbocycles. The normalized spacial score (nSPS) is 40.0. The van der Waals surface area contributed by atoms with Gasteiger partial charge in [-0.2, -0.15) is 13.2 Å². The second kappa shape index (κ2) is 5.11. The quantitative estimate of drug-likeness (QED) is 0.864. The minimum atomic E-state index is -4.18. The number of halogens is 3. The van der Waals surface area contributed by atoms with Gasteiger partial charge in [0.1, 0.15) is 0 Å². The molecule has 4 aliphatic rings. The van der Waals surface area contributed by atoms with Crippen LogP contribution in [-0.2, 0) is 4.79 Å². The van der Waals surface area contributed by atoms with Gasteiger partial charge in [-0.15, -0.1) is 0 Å². The van der Waals surface area contributed by atoms with E-state index < -0.39 is 17.0 Å². The highest BCUT2D eigenvalue weighted by molar-refractivity contribution is 5.83. The van der Waals surface area contributed by atoms with Gasteiger partial charge in [0, 0.05) is 20.1 Å². The van der Waals surface area contributed by atoms with Crippen molar-refractivity contribution in [1.82, 2.24) is 10.2 Å². The molecule has 0 saturated heterocycles. The van der Waals surface area contributed by atoms with Crippen molar-refractivity contribution in [2.24, 2.45) is 22.7 Å². The van der Waals surface area contributed by atoms with E-state index in [4.69, 9.17) is 0 Å². The van der Waals surface area contributed by atoms with E-state index in [9.17, 15) is 18.0 Å². The molecule has 4 bridgehead atoms. The molecule has 22 heavy (non-hydrogen) atoms. The molecule has 126 valence electrons. The molecule has 1 amide bonds. The number of hydrogen-bond acceptors (Lipinski definition) is 2. The molecular formula is C16H25F3N2O. The van der Waals surface area contributed by atoms with Gasteiger partial charge in [-0.05, 0) is 57.4 Å². The lowest BCUT2D eigenvalue weighted by atomic mass is 9.43. The van der Waals surface area contributed by atoms with Crippen LogP contribution in [0, 0.1) is 22.7 Å². The maximum atomic E-state index is 13.7. The van der Waals surface area contributed by atoms with Gasteiger partial charge in [-0.1, -0.05) is 0 Å². The van der Waals surface area contributed by atoms with Crippen LogP contribution in [0.4, 0.5) is 13.2 Å². The van der Waals surface area contributed by atoms with Crippen molar-refractivity contribution >= 4 is 5.91 Å². The van der Waals surface area contributed by atoms with Crippen molar-refractivity contribution in [2.45, 2.75) is 44.7 Å². The molecule has 0 aliphatic heterocycles. The third kappa shape index (κ3) is 2.34. The van der Waals surface area contributed by atoms with Crippen LogP contribution < -0.4 is 5.32 Å². The lowest BCUT2D eigenvalue weighted by Crippen LogP contribution is -2.61. The molecule has 0 aromatic heterocycles. The molecule has 4 rings (SSSR count). The van der Waals surface area contributed by atoms with E-state index in [1.54, 1.807) is 11.9 Å². The largest absolute Gasteiger partial charge is 0.394 e. The van der Waals surface area contributed by atoms with Crippen molar-refractivity contribution < 1.29 is 18.0 Å². The van der Waals surface area contributed by atoms with Crippen molar-refractivity contribution in [3.63, 3.8) is 0 Å². The SMILES string of the molecule is CNCCN(C)C(=O)C12CC3CC(C1)CC(C(F)(F)F)(C3)C2. The zero-order valence-electron chi connectivity index (χ0n) is 13.3. The highest BCUT2D eigenvalue weighted by Gasteiger charge is 2.69. The molecule has 0 aromatic rings. The molecule has 6 heteroatoms. The summed E-state index contributed by atoms with van der Waals surface area (Å²) in [5.74, 6) is 0.0829. The van der Waals surface area contributed by atoms with E-state index in [1.807, 2.05) is 7.05 Å². The molecule has 0 radical (unpaired) electrons. The van der Waals surface area contributed by atoms with E-state index >= 15 is 0 Å². The Morgan fingerprint density at radius 3 is 2.32 bits per heavy atom. The zero-order valence-corrected chi connectivity index (χ0v) is 13.3. The van der Waals surface area contributed by atoms with E-state index in [0.717, 1.165) is 6.42 Å². The van der Waals surface area contributed by atoms with Gasteiger partial charge in [-0.25, -0.2) is 0 Å². The summed E-state index contributed by atoms with van der Waals surface area (Å²) < 4.78 is 41.1. The highest BCUT2D eigenvalue weighted by Crippen LogP contribution is 2.69. The first-order valence-electron chi connectivity index (χ1n) is 8.18. The van der Waals surface area contributed by atoms with Crippen molar-refractivity contribution in [2.75, 3.05) is 27.2 Å². The van der Waals surface area contributed by atoms with Crippen molar-refractivity contribution in [3.8, 4) is 0 Å². The minimum absolute atomic E-state index is 0.0131. The first-order chi connectivity index (χ1) is 10.2. The molecule has 1 N–H and O–H groups in total. The molecule has 4 aliphatic carbocycles. The second-order valence-electron chi connectivity index (χ2n) is 7.85. The highest BCUT2D eigenvalue weighted by atomic mass is 19.4. The smallest absolute Gasteiger partial charge is 0.344 e. The van der Waals surface area contributed by atoms with Crippen LogP contribution in [0.15, 0.2) is 0 Å². The van der Waals surface area contributed by atoms with E-state index in [-0.39, 0.29) is 37.0 Å². The van der Waals surface area contributed by atoms with Gasteiger partial charge in [-0.3, -0.25) is 4.79 Å². The summed E-state index contributed by atoms with van der Waals surface area (Å²) in [6.07, 6.45) is -1.50. The first kappa shape index (κ1) is 16.1. The minimum Gasteiger partial charge on any atom is -0.344 e. The number of hydrogen-bond donors (Lipinski definition) is 1. The summed E-state index contributed by atoms with van der Waals surface area (Å²) in [7, 11) is 3.53. The van der Waals surface area contributed by atoms with Gasteiger partial charge < -0.3 is 10.2 Å². The van der Waals surface area contributed by atoms with Gasteiger partial charge in [0.15, 0.2) is 0 Å². The van der Waals surface area contributed by atoms with E-state index in [0.29, 0.717) is 25.9 Å². The summed E-state index contributed by atoms with van der Waals surface area (Å²) in [5, 5.41) is 2.99. The topological polar surface area (TPSA) is 32.3 Å². The number of carbonyl (C=O) groups is 1. The van der Waals surface area contributed by atoms with Crippen LogP contribution in [0.2, 0.25) is 0 Å². The molecule has 4 fully saturated rings. The summed E-state index contributed by atoms with van der Waals surface area (Å²) in [6.45, 7) is 1.21. The Morgan fingerprint density at radius 1 is 1.23 bits per heavy atom. The zero-order chi connectivity index (χ0) is 16.2. The summed E-state index contributed by atoms with van der Waals surface area (Å²) in [4.78, 5) is 14.5. The molecule has 4 saturated carbocycles. The van der Waals surface area contributed by atoms with Crippen LogP contribution in [0.5, 0.6) is 0 Å². The third-order valence-electron chi connectivity index (χ3n) is 6.16. The summed E-state index contributed by atoms with van der Waals surface area (Å²) in [5.41, 5.74) is -2.36. The number of nitrogens with one attached hydrogen (secondary N) is 1. The van der Waals surface area contributed by atoms with Crippen LogP contribution in [0.25, 0.3) is 0 Å². The Hall–Kier alpha value is -0.780. The fourth-order valence-electron chi connectivity index (χ4n) is 5.63. The molecule has 3 nitrogen and oxygen atoms in total. The third-order valence-corrected chi connectivity index (χ3v) is 6.16. The number of rotatable bonds is 4. The number of nitrogens with zero attached hydrogens (tertiary/aromatic N) is 1. The number of alkyl halides is 3. The van der Waals surface area contributed by atoms with Crippen LogP contribution >= 0.6 is 0 Å². The average Bonchev–Trinajstić information content (AvgIpc) is 2.41. The standard InChI is InChI=1S/C16H25F3N2O/c1-20-3-4-21(2)13(22)14-6-11-5-12(7-14)9-15(8-11,10-14)16(17,18)19/h11-12,20H,3-10H2,1-2H3. The van der Waals surface area contributed by atoms with Crippen LogP contribution in [0.3, 0.4) is 0 Å². The lowest BCUT2D eigenvalue weighted by molar-refractivity contribution is -0.284. The Kier molecular flexibility index (Phi) is 3.74. The number of amides is 1. The number of likely N-dealkylation sites (N-methyl/N-ethyl adjacent to an activating group) is 2. The Balaban J connectivity index is 1.86. The predicted molar refractivity (Wildman–Crippen MR) is 77.2 cm³/mol. The van der Waals surface area contributed by atoms with Gasteiger partial charge >= 0.3 is 6.18 Å². The van der Waals surface area contributed by atoms with E-state index in [1.165, 1.54) is 0 Å². The van der Waals surface area contributed by atoms with Gasteiger partial charge in [0.25, 0.3) is 0 Å². The Bertz CT molecular complexity index is 449. The summed E-state index contributed by atoms with van der Waals surface area (Å²) in [6, 6.07) is 0. The number of carbonyl (C=O) groups excluding carboxylic acids is 1. The summed E-state index contributed by atoms with van der Waals surface area (Å²) >= 11 is 0. The predicted octanol–water partition coefficient (Wildman–Crippen LogP) is 2.81. The fourth-order valence-corrected chi connectivity index (χ4v) is 5.63. The Morgan fingerprint density at radius 2 is 1.82 bits per heavy atom. The second-order valence-corrected chi connectivity index (χ2v) is 7.85. The molecular weight excluding hydrogens is 293 g/mol. The molecule has 2 unspecified atom stereocenters. The van der Waals surface area contributed by atoms with Gasteiger partial charge in [0.2, 0.25) is 5.91 Å². The molecule has 0 heterocycles.